The van der Waals surface area contributed by atoms with E-state index in [0.29, 0.717) is 17.3 Å². The third kappa shape index (κ3) is 4.80. The first-order valence-electron chi connectivity index (χ1n) is 4.74. The molecule has 0 saturated heterocycles. The van der Waals surface area contributed by atoms with Crippen molar-refractivity contribution in [1.29, 1.82) is 0 Å². The fourth-order valence-corrected chi connectivity index (χ4v) is 1.36. The molecule has 17 heavy (non-hydrogen) atoms. The summed E-state index contributed by atoms with van der Waals surface area (Å²) in [5, 5.41) is 5.29. The highest BCUT2D eigenvalue weighted by Gasteiger charge is 1.98. The van der Waals surface area contributed by atoms with Crippen LogP contribution in [-0.2, 0) is 4.79 Å². The van der Waals surface area contributed by atoms with E-state index in [1.807, 2.05) is 0 Å². The van der Waals surface area contributed by atoms with Crippen molar-refractivity contribution < 1.29 is 4.79 Å². The Morgan fingerprint density at radius 1 is 1.59 bits per heavy atom. The van der Waals surface area contributed by atoms with E-state index in [9.17, 15) is 4.79 Å². The number of carbonyl (C=O) groups is 1. The second-order valence-corrected chi connectivity index (χ2v) is 3.67. The highest BCUT2D eigenvalue weighted by Crippen LogP contribution is 2.24. The molecule has 0 aliphatic carbocycles. The van der Waals surface area contributed by atoms with Gasteiger partial charge in [0.2, 0.25) is 5.91 Å². The summed E-state index contributed by atoms with van der Waals surface area (Å²) in [6.45, 7) is 1.75. The summed E-state index contributed by atoms with van der Waals surface area (Å²) in [5.41, 5.74) is 1.32. The number of hydrogen-bond acceptors (Lipinski definition) is 3. The van der Waals surface area contributed by atoms with Gasteiger partial charge < -0.3 is 5.32 Å². The smallest absolute Gasteiger partial charge is 0.217 e. The fourth-order valence-electron chi connectivity index (χ4n) is 1.04. The summed E-state index contributed by atoms with van der Waals surface area (Å²) >= 11 is 10.4. The number of hydrogen-bond donors (Lipinski definition) is 1. The third-order valence-electron chi connectivity index (χ3n) is 1.77. The van der Waals surface area contributed by atoms with Gasteiger partial charge in [0.15, 0.2) is 0 Å². The molecule has 0 atom stereocenters. The first-order chi connectivity index (χ1) is 8.13. The maximum absolute atomic E-state index is 10.6. The van der Waals surface area contributed by atoms with Gasteiger partial charge in [0.05, 0.1) is 22.4 Å². The number of amides is 1. The Kier molecular flexibility index (Phi) is 5.38. The summed E-state index contributed by atoms with van der Waals surface area (Å²) in [4.78, 5) is 14.4. The Labute approximate surface area is 110 Å². The molecule has 3 nitrogen and oxygen atoms in total. The van der Waals surface area contributed by atoms with Crippen LogP contribution in [0.3, 0.4) is 0 Å². The summed E-state index contributed by atoms with van der Waals surface area (Å²) in [5.74, 6) is 5.57. The zero-order valence-corrected chi connectivity index (χ0v) is 10.7. The van der Waals surface area contributed by atoms with Crippen molar-refractivity contribution in [2.45, 2.75) is 6.92 Å². The number of benzene rings is 1. The number of carbonyl (C=O) groups excluding carboxylic acids is 1. The number of nitrogens with zero attached hydrogens (tertiary/aromatic N) is 1. The van der Waals surface area contributed by atoms with E-state index in [1.54, 1.807) is 18.2 Å². The monoisotopic (exact) mass is 264 g/mol. The van der Waals surface area contributed by atoms with Gasteiger partial charge in [-0.2, -0.15) is 4.99 Å². The van der Waals surface area contributed by atoms with Crippen LogP contribution in [0.1, 0.15) is 12.5 Å². The van der Waals surface area contributed by atoms with E-state index >= 15 is 0 Å². The molecule has 1 rings (SSSR count). The van der Waals surface area contributed by atoms with Crippen LogP contribution in [0, 0.1) is 11.8 Å². The fraction of sp³-hybridized carbons (Fsp3) is 0.167. The molecule has 5 heteroatoms. The normalized spacial score (nSPS) is 8.59. The van der Waals surface area contributed by atoms with Crippen molar-refractivity contribution in [1.82, 2.24) is 5.32 Å². The average Bonchev–Trinajstić information content (AvgIpc) is 2.28. The Balaban J connectivity index is 2.76. The SMILES string of the molecule is CC(=O)NCC#Cc1ccc(N=C=S)c(Cl)c1. The Morgan fingerprint density at radius 2 is 2.35 bits per heavy atom. The van der Waals surface area contributed by atoms with E-state index in [4.69, 9.17) is 11.6 Å². The van der Waals surface area contributed by atoms with Gasteiger partial charge in [-0.05, 0) is 30.4 Å². The molecule has 0 saturated carbocycles. The number of halogens is 1. The highest BCUT2D eigenvalue weighted by molar-refractivity contribution is 7.78. The van der Waals surface area contributed by atoms with E-state index < -0.39 is 0 Å². The van der Waals surface area contributed by atoms with Gasteiger partial charge >= 0.3 is 0 Å². The molecular weight excluding hydrogens is 256 g/mol. The molecule has 0 aliphatic heterocycles. The van der Waals surface area contributed by atoms with Crippen molar-refractivity contribution in [2.75, 3.05) is 6.54 Å². The summed E-state index contributed by atoms with van der Waals surface area (Å²) in [6.07, 6.45) is 0. The van der Waals surface area contributed by atoms with Crippen LogP contribution in [0.25, 0.3) is 0 Å². The Hall–Kier alpha value is -1.66. The van der Waals surface area contributed by atoms with Gasteiger partial charge in [0.1, 0.15) is 0 Å². The third-order valence-corrected chi connectivity index (χ3v) is 2.17. The number of isothiocyanates is 1. The number of thiocarbonyl (C=S) groups is 1. The average molecular weight is 265 g/mol. The van der Waals surface area contributed by atoms with Crippen molar-refractivity contribution in [3.8, 4) is 11.8 Å². The van der Waals surface area contributed by atoms with E-state index in [1.165, 1.54) is 6.92 Å². The molecule has 1 amide bonds. The molecule has 0 fully saturated rings. The largest absolute Gasteiger partial charge is 0.345 e. The molecule has 1 aromatic rings. The van der Waals surface area contributed by atoms with Gasteiger partial charge in [-0.25, -0.2) is 0 Å². The standard InChI is InChI=1S/C12H9ClN2OS/c1-9(16)14-6-2-3-10-4-5-12(15-8-17)11(13)7-10/h4-5,7H,6H2,1H3,(H,14,16). The lowest BCUT2D eigenvalue weighted by atomic mass is 10.2. The predicted octanol–water partition coefficient (Wildman–Crippen LogP) is 2.56. The predicted molar refractivity (Wildman–Crippen MR) is 71.7 cm³/mol. The van der Waals surface area contributed by atoms with Crippen molar-refractivity contribution in [3.63, 3.8) is 0 Å². The maximum Gasteiger partial charge on any atom is 0.217 e. The summed E-state index contributed by atoms with van der Waals surface area (Å²) in [6, 6.07) is 5.18. The van der Waals surface area contributed by atoms with E-state index in [2.05, 4.69) is 39.5 Å². The van der Waals surface area contributed by atoms with Crippen molar-refractivity contribution in [2.24, 2.45) is 4.99 Å². The molecular formula is C12H9ClN2OS. The van der Waals surface area contributed by atoms with Crippen LogP contribution in [0.2, 0.25) is 5.02 Å². The maximum atomic E-state index is 10.6. The molecule has 0 spiro atoms. The number of nitrogens with one attached hydrogen (secondary N) is 1. The van der Waals surface area contributed by atoms with Crippen molar-refractivity contribution in [3.05, 3.63) is 28.8 Å². The Morgan fingerprint density at radius 3 is 2.94 bits per heavy atom. The topological polar surface area (TPSA) is 41.5 Å². The van der Waals surface area contributed by atoms with Crippen LogP contribution in [0.15, 0.2) is 23.2 Å². The molecule has 0 aromatic heterocycles. The van der Waals surface area contributed by atoms with Crippen LogP contribution >= 0.6 is 23.8 Å². The minimum atomic E-state index is -0.108. The van der Waals surface area contributed by atoms with Crippen LogP contribution < -0.4 is 5.32 Å². The van der Waals surface area contributed by atoms with Crippen molar-refractivity contribution >= 4 is 40.6 Å². The van der Waals surface area contributed by atoms with Crippen LogP contribution in [-0.4, -0.2) is 17.6 Å². The quantitative estimate of drug-likeness (QED) is 0.507. The first-order valence-corrected chi connectivity index (χ1v) is 5.53. The minimum Gasteiger partial charge on any atom is -0.345 e. The molecule has 0 aliphatic rings. The van der Waals surface area contributed by atoms with Crippen LogP contribution in [0.5, 0.6) is 0 Å². The molecule has 1 N–H and O–H groups in total. The lowest BCUT2D eigenvalue weighted by Crippen LogP contribution is -2.19. The lowest BCUT2D eigenvalue weighted by Gasteiger charge is -1.96. The number of rotatable bonds is 2. The summed E-state index contributed by atoms with van der Waals surface area (Å²) < 4.78 is 0. The zero-order valence-electron chi connectivity index (χ0n) is 9.08. The van der Waals surface area contributed by atoms with Gasteiger partial charge in [-0.1, -0.05) is 23.4 Å². The van der Waals surface area contributed by atoms with Gasteiger partial charge in [0, 0.05) is 12.5 Å². The van der Waals surface area contributed by atoms with Gasteiger partial charge in [-0.3, -0.25) is 4.79 Å². The molecule has 0 unspecified atom stereocenters. The molecule has 86 valence electrons. The summed E-state index contributed by atoms with van der Waals surface area (Å²) in [7, 11) is 0. The highest BCUT2D eigenvalue weighted by atomic mass is 35.5. The second-order valence-electron chi connectivity index (χ2n) is 3.08. The first kappa shape index (κ1) is 13.4. The van der Waals surface area contributed by atoms with Gasteiger partial charge in [-0.15, -0.1) is 0 Å². The lowest BCUT2D eigenvalue weighted by molar-refractivity contribution is -0.118. The van der Waals surface area contributed by atoms with E-state index in [-0.39, 0.29) is 5.91 Å². The molecule has 0 radical (unpaired) electrons. The minimum absolute atomic E-state index is 0.108. The Bertz CT molecular complexity index is 539. The molecule has 0 bridgehead atoms. The second kappa shape index (κ2) is 6.82. The molecule has 1 aromatic carbocycles. The zero-order chi connectivity index (χ0) is 12.7. The number of aliphatic imine (C=N–C) groups is 1. The van der Waals surface area contributed by atoms with E-state index in [0.717, 1.165) is 5.56 Å². The molecule has 0 heterocycles. The van der Waals surface area contributed by atoms with Crippen LogP contribution in [0.4, 0.5) is 5.69 Å². The van der Waals surface area contributed by atoms with Gasteiger partial charge in [0.25, 0.3) is 0 Å².